The first kappa shape index (κ1) is 16.1. The highest BCUT2D eigenvalue weighted by Crippen LogP contribution is 2.31. The summed E-state index contributed by atoms with van der Waals surface area (Å²) in [5, 5.41) is 2.05. The summed E-state index contributed by atoms with van der Waals surface area (Å²) in [6, 6.07) is 4.04. The molecule has 7 heteroatoms. The molecule has 0 radical (unpaired) electrons. The number of hydrogen-bond donors (Lipinski definition) is 1. The number of fused-ring (bicyclic) bond motifs is 1. The summed E-state index contributed by atoms with van der Waals surface area (Å²) >= 11 is 3.21. The first-order chi connectivity index (χ1) is 11.6. The Labute approximate surface area is 149 Å². The smallest absolute Gasteiger partial charge is 0.264 e. The van der Waals surface area contributed by atoms with Crippen molar-refractivity contribution in [2.24, 2.45) is 5.73 Å². The quantitative estimate of drug-likeness (QED) is 0.891. The number of piperazine rings is 1. The predicted molar refractivity (Wildman–Crippen MR) is 97.6 cm³/mol. The van der Waals surface area contributed by atoms with Crippen molar-refractivity contribution in [1.29, 1.82) is 0 Å². The third kappa shape index (κ3) is 2.74. The molecule has 2 N–H and O–H groups in total. The zero-order valence-electron chi connectivity index (χ0n) is 13.5. The van der Waals surface area contributed by atoms with E-state index in [9.17, 15) is 9.59 Å². The van der Waals surface area contributed by atoms with E-state index in [2.05, 4.69) is 6.07 Å². The number of hydrogen-bond acceptors (Lipinski definition) is 5. The first-order valence-corrected chi connectivity index (χ1v) is 10.1. The molecular weight excluding hydrogens is 342 g/mol. The second kappa shape index (κ2) is 6.13. The highest BCUT2D eigenvalue weighted by atomic mass is 32.1. The molecule has 0 bridgehead atoms. The van der Waals surface area contributed by atoms with Gasteiger partial charge in [0.25, 0.3) is 5.91 Å². The Balaban J connectivity index is 1.39. The number of rotatable bonds is 2. The van der Waals surface area contributed by atoms with Crippen molar-refractivity contribution in [1.82, 2.24) is 9.80 Å². The van der Waals surface area contributed by atoms with Crippen LogP contribution in [-0.4, -0.2) is 53.3 Å². The molecule has 0 atom stereocenters. The topological polar surface area (TPSA) is 66.6 Å². The summed E-state index contributed by atoms with van der Waals surface area (Å²) < 4.78 is 2.34. The van der Waals surface area contributed by atoms with Gasteiger partial charge in [-0.3, -0.25) is 9.59 Å². The molecule has 2 aliphatic rings. The average Bonchev–Trinajstić information content (AvgIpc) is 3.30. The zero-order chi connectivity index (χ0) is 16.7. The Bertz CT molecular complexity index is 739. The van der Waals surface area contributed by atoms with Crippen LogP contribution in [0.1, 0.15) is 35.4 Å². The lowest BCUT2D eigenvalue weighted by Gasteiger charge is -2.38. The van der Waals surface area contributed by atoms with Gasteiger partial charge >= 0.3 is 0 Å². The highest BCUT2D eigenvalue weighted by Gasteiger charge is 2.40. The second-order valence-corrected chi connectivity index (χ2v) is 8.74. The fourth-order valence-corrected chi connectivity index (χ4v) is 5.75. The van der Waals surface area contributed by atoms with Crippen LogP contribution in [0, 0.1) is 0 Å². The molecule has 2 amide bonds. The molecule has 0 unspecified atom stereocenters. The molecule has 1 aliphatic carbocycles. The van der Waals surface area contributed by atoms with Gasteiger partial charge in [-0.15, -0.1) is 22.7 Å². The van der Waals surface area contributed by atoms with Crippen LogP contribution in [0.3, 0.4) is 0 Å². The summed E-state index contributed by atoms with van der Waals surface area (Å²) in [7, 11) is 0. The molecule has 0 aromatic carbocycles. The average molecular weight is 364 g/mol. The first-order valence-electron chi connectivity index (χ1n) is 8.41. The van der Waals surface area contributed by atoms with E-state index in [4.69, 9.17) is 5.73 Å². The van der Waals surface area contributed by atoms with Gasteiger partial charge in [-0.2, -0.15) is 0 Å². The van der Waals surface area contributed by atoms with E-state index in [1.54, 1.807) is 22.7 Å². The van der Waals surface area contributed by atoms with Gasteiger partial charge in [0, 0.05) is 35.6 Å². The number of nitrogens with zero attached hydrogens (tertiary/aromatic N) is 2. The van der Waals surface area contributed by atoms with Crippen LogP contribution < -0.4 is 5.73 Å². The van der Waals surface area contributed by atoms with Crippen molar-refractivity contribution < 1.29 is 9.59 Å². The van der Waals surface area contributed by atoms with Crippen molar-refractivity contribution in [3.63, 3.8) is 0 Å². The molecule has 1 saturated heterocycles. The minimum absolute atomic E-state index is 0.0729. The molecule has 2 aromatic heterocycles. The van der Waals surface area contributed by atoms with Crippen molar-refractivity contribution >= 4 is 43.9 Å². The fraction of sp³-hybridized carbons (Fsp3) is 0.529. The predicted octanol–water partition coefficient (Wildman–Crippen LogP) is 2.52. The van der Waals surface area contributed by atoms with Gasteiger partial charge in [0.1, 0.15) is 0 Å². The van der Waals surface area contributed by atoms with Crippen LogP contribution in [0.25, 0.3) is 9.40 Å². The lowest BCUT2D eigenvalue weighted by atomic mass is 9.97. The molecule has 24 heavy (non-hydrogen) atoms. The maximum atomic E-state index is 12.7. The maximum absolute atomic E-state index is 12.7. The summed E-state index contributed by atoms with van der Waals surface area (Å²) in [5.74, 6) is 0.155. The van der Waals surface area contributed by atoms with E-state index in [1.807, 2.05) is 21.2 Å². The van der Waals surface area contributed by atoms with Gasteiger partial charge in [-0.25, -0.2) is 0 Å². The molecule has 4 rings (SSSR count). The molecule has 0 spiro atoms. The number of carbonyl (C=O) groups excluding carboxylic acids is 2. The summed E-state index contributed by atoms with van der Waals surface area (Å²) in [6.45, 7) is 2.35. The Morgan fingerprint density at radius 3 is 2.38 bits per heavy atom. The van der Waals surface area contributed by atoms with Gasteiger partial charge in [0.2, 0.25) is 5.91 Å². The van der Waals surface area contributed by atoms with Gasteiger partial charge in [-0.1, -0.05) is 12.8 Å². The van der Waals surface area contributed by atoms with Gasteiger partial charge in [0.05, 0.1) is 10.4 Å². The number of carbonyl (C=O) groups is 2. The zero-order valence-corrected chi connectivity index (χ0v) is 15.1. The highest BCUT2D eigenvalue weighted by molar-refractivity contribution is 7.27. The van der Waals surface area contributed by atoms with Crippen LogP contribution >= 0.6 is 22.7 Å². The van der Waals surface area contributed by atoms with Gasteiger partial charge < -0.3 is 15.5 Å². The molecule has 128 valence electrons. The third-order valence-electron chi connectivity index (χ3n) is 5.13. The van der Waals surface area contributed by atoms with E-state index >= 15 is 0 Å². The van der Waals surface area contributed by atoms with Gasteiger partial charge in [0.15, 0.2) is 0 Å². The Morgan fingerprint density at radius 1 is 1.04 bits per heavy atom. The molecular formula is C17H21N3O2S2. The van der Waals surface area contributed by atoms with Crippen molar-refractivity contribution in [3.8, 4) is 0 Å². The van der Waals surface area contributed by atoms with Crippen molar-refractivity contribution in [3.05, 3.63) is 22.4 Å². The Kier molecular flexibility index (Phi) is 4.10. The summed E-state index contributed by atoms with van der Waals surface area (Å²) in [5.41, 5.74) is 5.62. The van der Waals surface area contributed by atoms with Gasteiger partial charge in [-0.05, 0) is 30.4 Å². The Hall–Kier alpha value is -1.44. The lowest BCUT2D eigenvalue weighted by molar-refractivity contribution is -0.138. The minimum atomic E-state index is -0.662. The van der Waals surface area contributed by atoms with E-state index in [1.165, 1.54) is 9.40 Å². The summed E-state index contributed by atoms with van der Waals surface area (Å²) in [6.07, 6.45) is 3.65. The van der Waals surface area contributed by atoms with Crippen LogP contribution in [0.15, 0.2) is 17.5 Å². The number of nitrogens with two attached hydrogens (primary N) is 1. The maximum Gasteiger partial charge on any atom is 0.264 e. The SMILES string of the molecule is NC1(C(=O)N2CCN(C(=O)c3cc4sccc4s3)CC2)CCCC1. The fourth-order valence-electron chi connectivity index (χ4n) is 3.67. The number of thiophene rings is 2. The summed E-state index contributed by atoms with van der Waals surface area (Å²) in [4.78, 5) is 29.8. The van der Waals surface area contributed by atoms with E-state index < -0.39 is 5.54 Å². The van der Waals surface area contributed by atoms with Crippen molar-refractivity contribution in [2.75, 3.05) is 26.2 Å². The molecule has 1 saturated carbocycles. The lowest BCUT2D eigenvalue weighted by Crippen LogP contribution is -2.59. The molecule has 1 aliphatic heterocycles. The van der Waals surface area contributed by atoms with Crippen LogP contribution in [-0.2, 0) is 4.79 Å². The molecule has 5 nitrogen and oxygen atoms in total. The second-order valence-electron chi connectivity index (χ2n) is 6.71. The van der Waals surface area contributed by atoms with E-state index in [0.717, 1.165) is 30.6 Å². The Morgan fingerprint density at radius 2 is 1.71 bits per heavy atom. The van der Waals surface area contributed by atoms with E-state index in [0.29, 0.717) is 26.2 Å². The van der Waals surface area contributed by atoms with Crippen LogP contribution in [0.4, 0.5) is 0 Å². The van der Waals surface area contributed by atoms with Crippen molar-refractivity contribution in [2.45, 2.75) is 31.2 Å². The van der Waals surface area contributed by atoms with E-state index in [-0.39, 0.29) is 11.8 Å². The standard InChI is InChI=1S/C17H21N3O2S2/c18-17(4-1-2-5-17)16(22)20-8-6-19(7-9-20)15(21)14-11-13-12(24-14)3-10-23-13/h3,10-11H,1-2,4-9,18H2. The molecule has 3 heterocycles. The minimum Gasteiger partial charge on any atom is -0.338 e. The normalized spacial score (nSPS) is 20.7. The monoisotopic (exact) mass is 363 g/mol. The third-order valence-corrected chi connectivity index (χ3v) is 7.21. The molecule has 2 fully saturated rings. The number of amides is 2. The largest absolute Gasteiger partial charge is 0.338 e. The van der Waals surface area contributed by atoms with Crippen LogP contribution in [0.5, 0.6) is 0 Å². The van der Waals surface area contributed by atoms with Crippen LogP contribution in [0.2, 0.25) is 0 Å². The molecule has 2 aromatic rings.